The molecule has 1 saturated heterocycles. The Morgan fingerprint density at radius 3 is 2.90 bits per heavy atom. The maximum Gasteiger partial charge on any atom is 0.245 e. The molecule has 2 aromatic carbocycles. The van der Waals surface area contributed by atoms with Crippen LogP contribution in [0.2, 0.25) is 0 Å². The van der Waals surface area contributed by atoms with Gasteiger partial charge in [0.2, 0.25) is 15.9 Å². The van der Waals surface area contributed by atoms with Crippen LogP contribution in [-0.4, -0.2) is 40.5 Å². The minimum atomic E-state index is -3.75. The molecule has 1 fully saturated rings. The molecule has 1 amide bonds. The van der Waals surface area contributed by atoms with E-state index < -0.39 is 15.9 Å². The van der Waals surface area contributed by atoms with E-state index in [1.165, 1.54) is 4.31 Å². The molecule has 1 atom stereocenters. The lowest BCUT2D eigenvalue weighted by Crippen LogP contribution is -2.43. The van der Waals surface area contributed by atoms with Gasteiger partial charge >= 0.3 is 0 Å². The fraction of sp³-hybridized carbons (Fsp3) is 0.350. The number of hydrogen-bond acceptors (Lipinski definition) is 6. The maximum absolute atomic E-state index is 13.2. The second-order valence-corrected chi connectivity index (χ2v) is 9.57. The summed E-state index contributed by atoms with van der Waals surface area (Å²) in [5, 5.41) is 2.94. The first-order valence-electron chi connectivity index (χ1n) is 9.60. The Hall–Kier alpha value is -2.36. The molecule has 1 aliphatic rings. The van der Waals surface area contributed by atoms with E-state index in [1.807, 2.05) is 24.3 Å². The summed E-state index contributed by atoms with van der Waals surface area (Å²) in [6, 6.07) is 12.7. The molecule has 1 N–H and O–H groups in total. The summed E-state index contributed by atoms with van der Waals surface area (Å²) in [6.45, 7) is 2.62. The predicted molar refractivity (Wildman–Crippen MR) is 113 cm³/mol. The van der Waals surface area contributed by atoms with E-state index in [4.69, 9.17) is 0 Å². The lowest BCUT2D eigenvalue weighted by Gasteiger charge is -2.31. The van der Waals surface area contributed by atoms with Crippen molar-refractivity contribution in [2.75, 3.05) is 18.4 Å². The molecule has 1 aromatic heterocycles. The largest absolute Gasteiger partial charge is 0.326 e. The van der Waals surface area contributed by atoms with Crippen molar-refractivity contribution in [1.82, 2.24) is 13.1 Å². The van der Waals surface area contributed by atoms with Gasteiger partial charge in [0.05, 0.1) is 17.6 Å². The number of nitrogens with one attached hydrogen (secondary N) is 1. The van der Waals surface area contributed by atoms with Gasteiger partial charge in [0, 0.05) is 18.8 Å². The van der Waals surface area contributed by atoms with Crippen molar-refractivity contribution in [2.45, 2.75) is 31.1 Å². The van der Waals surface area contributed by atoms with E-state index in [2.05, 4.69) is 21.0 Å². The van der Waals surface area contributed by atoms with Gasteiger partial charge in [-0.3, -0.25) is 4.79 Å². The van der Waals surface area contributed by atoms with Gasteiger partial charge < -0.3 is 5.32 Å². The standard InChI is InChI=1S/C20H22N4O3S2/c1-2-14-6-3-8-16(12-14)21-20(25)15-7-5-11-24(13-15)29(26,27)18-10-4-9-17-19(18)23-28-22-17/h3-4,6,8-10,12,15H,2,5,7,11,13H2,1H3,(H,21,25)/t15-/m0/s1. The smallest absolute Gasteiger partial charge is 0.245 e. The molecule has 2 heterocycles. The molecule has 0 spiro atoms. The van der Waals surface area contributed by atoms with Crippen molar-refractivity contribution in [2.24, 2.45) is 5.92 Å². The Morgan fingerprint density at radius 1 is 1.24 bits per heavy atom. The molecule has 7 nitrogen and oxygen atoms in total. The number of aromatic nitrogens is 2. The first kappa shape index (κ1) is 19.9. The maximum atomic E-state index is 13.2. The number of carbonyl (C=O) groups excluding carboxylic acids is 1. The van der Waals surface area contributed by atoms with Crippen LogP contribution in [0.1, 0.15) is 25.3 Å². The van der Waals surface area contributed by atoms with Crippen LogP contribution < -0.4 is 5.32 Å². The van der Waals surface area contributed by atoms with Crippen molar-refractivity contribution in [3.63, 3.8) is 0 Å². The Morgan fingerprint density at radius 2 is 2.07 bits per heavy atom. The van der Waals surface area contributed by atoms with E-state index in [0.29, 0.717) is 30.4 Å². The number of carbonyl (C=O) groups is 1. The zero-order chi connectivity index (χ0) is 20.4. The number of aryl methyl sites for hydroxylation is 1. The van der Waals surface area contributed by atoms with Gasteiger partial charge in [-0.25, -0.2) is 8.42 Å². The number of anilines is 1. The van der Waals surface area contributed by atoms with Crippen LogP contribution in [0.5, 0.6) is 0 Å². The first-order chi connectivity index (χ1) is 14.0. The second kappa shape index (κ2) is 8.17. The van der Waals surface area contributed by atoms with E-state index in [9.17, 15) is 13.2 Å². The van der Waals surface area contributed by atoms with Gasteiger partial charge in [0.1, 0.15) is 15.9 Å². The van der Waals surface area contributed by atoms with Crippen molar-refractivity contribution in [1.29, 1.82) is 0 Å². The highest BCUT2D eigenvalue weighted by atomic mass is 32.2. The normalized spacial score (nSPS) is 18.0. The number of amides is 1. The van der Waals surface area contributed by atoms with E-state index >= 15 is 0 Å². The average Bonchev–Trinajstić information content (AvgIpc) is 3.22. The molecule has 4 rings (SSSR count). The topological polar surface area (TPSA) is 92.3 Å². The van der Waals surface area contributed by atoms with Gasteiger partial charge in [-0.1, -0.05) is 25.1 Å². The van der Waals surface area contributed by atoms with Crippen molar-refractivity contribution < 1.29 is 13.2 Å². The fourth-order valence-corrected chi connectivity index (χ4v) is 5.89. The summed E-state index contributed by atoms with van der Waals surface area (Å²) in [4.78, 5) is 12.9. The van der Waals surface area contributed by atoms with Crippen LogP contribution in [0, 0.1) is 5.92 Å². The lowest BCUT2D eigenvalue weighted by atomic mass is 9.98. The summed E-state index contributed by atoms with van der Waals surface area (Å²) in [5.41, 5.74) is 2.84. The Bertz CT molecular complexity index is 1140. The van der Waals surface area contributed by atoms with Crippen molar-refractivity contribution in [3.05, 3.63) is 48.0 Å². The summed E-state index contributed by atoms with van der Waals surface area (Å²) < 4.78 is 36.2. The summed E-state index contributed by atoms with van der Waals surface area (Å²) in [7, 11) is -3.75. The van der Waals surface area contributed by atoms with Crippen LogP contribution >= 0.6 is 11.7 Å². The Kier molecular flexibility index (Phi) is 5.62. The molecule has 29 heavy (non-hydrogen) atoms. The van der Waals surface area contributed by atoms with E-state index in [-0.39, 0.29) is 17.3 Å². The van der Waals surface area contributed by atoms with Crippen molar-refractivity contribution >= 4 is 44.4 Å². The van der Waals surface area contributed by atoms with E-state index in [1.54, 1.807) is 18.2 Å². The molecule has 0 aliphatic carbocycles. The SMILES string of the molecule is CCc1cccc(NC(=O)[C@H]2CCCN(S(=O)(=O)c3cccc4nsnc34)C2)c1. The third-order valence-corrected chi connectivity index (χ3v) is 7.66. The van der Waals surface area contributed by atoms with Crippen molar-refractivity contribution in [3.8, 4) is 0 Å². The highest BCUT2D eigenvalue weighted by Gasteiger charge is 2.34. The number of hydrogen-bond donors (Lipinski definition) is 1. The van der Waals surface area contributed by atoms with Crippen LogP contribution in [0.3, 0.4) is 0 Å². The number of rotatable bonds is 5. The minimum Gasteiger partial charge on any atom is -0.326 e. The zero-order valence-corrected chi connectivity index (χ0v) is 17.7. The van der Waals surface area contributed by atoms with Crippen LogP contribution in [0.15, 0.2) is 47.4 Å². The number of nitrogens with zero attached hydrogens (tertiary/aromatic N) is 3. The molecule has 1 aliphatic heterocycles. The number of fused-ring (bicyclic) bond motifs is 1. The van der Waals surface area contributed by atoms with Crippen LogP contribution in [-0.2, 0) is 21.2 Å². The summed E-state index contributed by atoms with van der Waals surface area (Å²) >= 11 is 0.992. The fourth-order valence-electron chi connectivity index (χ4n) is 3.62. The van der Waals surface area contributed by atoms with Gasteiger partial charge in [0.15, 0.2) is 0 Å². The monoisotopic (exact) mass is 430 g/mol. The molecule has 0 unspecified atom stereocenters. The molecule has 0 radical (unpaired) electrons. The second-order valence-electron chi connectivity index (χ2n) is 7.13. The highest BCUT2D eigenvalue weighted by molar-refractivity contribution is 7.89. The number of piperidine rings is 1. The Balaban J connectivity index is 1.53. The predicted octanol–water partition coefficient (Wildman–Crippen LogP) is 3.29. The first-order valence-corrected chi connectivity index (χ1v) is 11.8. The molecule has 0 bridgehead atoms. The van der Waals surface area contributed by atoms with Gasteiger partial charge in [-0.05, 0) is 49.1 Å². The number of sulfonamides is 1. The molecule has 3 aromatic rings. The molecular formula is C20H22N4O3S2. The van der Waals surface area contributed by atoms with Gasteiger partial charge in [-0.15, -0.1) is 0 Å². The number of benzene rings is 2. The van der Waals surface area contributed by atoms with E-state index in [0.717, 1.165) is 29.4 Å². The molecule has 0 saturated carbocycles. The zero-order valence-electron chi connectivity index (χ0n) is 16.0. The molecule has 9 heteroatoms. The third-order valence-electron chi connectivity index (χ3n) is 5.22. The lowest BCUT2D eigenvalue weighted by molar-refractivity contribution is -0.120. The minimum absolute atomic E-state index is 0.147. The Labute approximate surface area is 174 Å². The summed E-state index contributed by atoms with van der Waals surface area (Å²) in [6.07, 6.45) is 2.18. The quantitative estimate of drug-likeness (QED) is 0.671. The average molecular weight is 431 g/mol. The summed E-state index contributed by atoms with van der Waals surface area (Å²) in [5.74, 6) is -0.539. The van der Waals surface area contributed by atoms with Crippen LogP contribution in [0.25, 0.3) is 11.0 Å². The van der Waals surface area contributed by atoms with Crippen LogP contribution in [0.4, 0.5) is 5.69 Å². The highest BCUT2D eigenvalue weighted by Crippen LogP contribution is 2.28. The van der Waals surface area contributed by atoms with Gasteiger partial charge in [0.25, 0.3) is 0 Å². The van der Waals surface area contributed by atoms with Gasteiger partial charge in [-0.2, -0.15) is 13.1 Å². The molecule has 152 valence electrons. The third kappa shape index (κ3) is 4.03. The molecular weight excluding hydrogens is 408 g/mol.